The quantitative estimate of drug-likeness (QED) is 0.0103. The number of aromatic hydroxyl groups is 2. The molecule has 612 valence electrons. The van der Waals surface area contributed by atoms with E-state index in [1.54, 1.807) is 24.3 Å². The van der Waals surface area contributed by atoms with Crippen LogP contribution in [-0.2, 0) is 92.9 Å². The van der Waals surface area contributed by atoms with E-state index in [-0.39, 0.29) is 127 Å². The lowest BCUT2D eigenvalue weighted by Gasteiger charge is -2.26. The van der Waals surface area contributed by atoms with Crippen LogP contribution in [0.4, 0.5) is 0 Å². The van der Waals surface area contributed by atoms with Gasteiger partial charge in [-0.05, 0) is 139 Å². The standard InChI is InChI=1S/C79H100N20O16/c80-78(81)86-34-10-18-60-74(110)98-62(42-50-20-26-52-12-2-4-14-54(52)38-50)70(106)88-44-66(102)92-64(40-48-22-28-56(100)29-23-48)76(112)96-58(72(108)94-60)16-8-32-84-68(104)46-114-90-36-6-1-7-37-91-115-47-69(105)85-33-9-17-59-73(109)95-61(19-11-35-87-79(82)83)75(111)99-63(43-51-21-27-53-13-3-5-15-55(53)39-51)71(107)89-45-67(103)93-65(77(113)97-59)41-49-24-30-57(101)31-25-49/h2-5,12-15,20-31,36-39,58-65,100-101H,1,6-11,16-19,32-35,40-47H2,(H,84,104)(H,85,105)(H,88,106)(H,89,107)(H,92,102)(H,93,103)(H,94,108)(H,95,109)(H,96,112)(H,97,113)(H,98,110)(H,99,111)(H4,80,81,86)(H4,82,83,87)/b90-36+,91-37+/t58-,59-,60-,61-,62-,63-,64+,65+/m0/s1. The Hall–Kier alpha value is -13.4. The van der Waals surface area contributed by atoms with Crippen molar-refractivity contribution in [3.63, 3.8) is 0 Å². The number of hydrogen-bond donors (Lipinski definition) is 20. The number of amides is 12. The number of fused-ring (bicyclic) bond motifs is 2. The molecule has 2 aliphatic heterocycles. The van der Waals surface area contributed by atoms with Crippen LogP contribution in [0.5, 0.6) is 11.5 Å². The minimum atomic E-state index is -1.35. The van der Waals surface area contributed by atoms with Crippen LogP contribution >= 0.6 is 0 Å². The average molecular weight is 1590 g/mol. The van der Waals surface area contributed by atoms with E-state index in [0.717, 1.165) is 21.5 Å². The third kappa shape index (κ3) is 30.6. The van der Waals surface area contributed by atoms with E-state index in [0.29, 0.717) is 41.5 Å². The molecule has 6 aromatic carbocycles. The summed E-state index contributed by atoms with van der Waals surface area (Å²) in [6.07, 6.45) is 4.33. The molecule has 0 unspecified atom stereocenters. The summed E-state index contributed by atoms with van der Waals surface area (Å²) in [4.78, 5) is 177. The molecule has 0 radical (unpaired) electrons. The number of carbonyl (C=O) groups is 12. The van der Waals surface area contributed by atoms with Crippen molar-refractivity contribution in [2.24, 2.45) is 21.8 Å². The molecule has 6 aromatic rings. The Kier molecular flexibility index (Phi) is 34.7. The molecule has 2 heterocycles. The smallest absolute Gasteiger partial charge is 0.260 e. The SMILES string of the molecule is N=C(N)NCCC[C@@H]1NC(=O)[C@H](CCCNC(=O)CO/N=C/CCC/C=N/OCC(=O)NCCC[C@@H]2NC(=O)[C@@H](Cc3ccc(O)cc3)NC(=O)CNC(=O)[C@H](Cc3ccc4ccccc4c3)NC(=O)[C@H](CCCNC(=N)N)NC2=O)NC(=O)[C@@H](Cc2ccc(O)cc2)NC(=O)CNC(=O)[C@H](Cc2ccc3ccccc3c2)NC1=O. The van der Waals surface area contributed by atoms with E-state index in [2.05, 4.69) is 84.7 Å². The fraction of sp³-hybridized carbons (Fsp3) is 0.392. The van der Waals surface area contributed by atoms with Gasteiger partial charge in [0.2, 0.25) is 59.1 Å². The van der Waals surface area contributed by atoms with Crippen molar-refractivity contribution < 1.29 is 77.4 Å². The monoisotopic (exact) mass is 1580 g/mol. The van der Waals surface area contributed by atoms with Gasteiger partial charge in [-0.3, -0.25) is 68.4 Å². The molecule has 115 heavy (non-hydrogen) atoms. The van der Waals surface area contributed by atoms with E-state index in [9.17, 15) is 67.7 Å². The minimum absolute atomic E-state index is 0.00987. The van der Waals surface area contributed by atoms with Crippen LogP contribution in [0, 0.1) is 10.8 Å². The average Bonchev–Trinajstić information content (AvgIpc) is 1.11. The molecule has 2 aliphatic rings. The molecular weight excluding hydrogens is 1480 g/mol. The van der Waals surface area contributed by atoms with Gasteiger partial charge < -0.3 is 106 Å². The van der Waals surface area contributed by atoms with Gasteiger partial charge >= 0.3 is 0 Å². The Morgan fingerprint density at radius 3 is 1.03 bits per heavy atom. The number of nitrogens with two attached hydrogens (primary N) is 2. The van der Waals surface area contributed by atoms with Crippen molar-refractivity contribution in [3.05, 3.63) is 156 Å². The third-order valence-corrected chi connectivity index (χ3v) is 18.5. The van der Waals surface area contributed by atoms with Crippen molar-refractivity contribution in [2.75, 3.05) is 52.5 Å². The number of hydrogen-bond acceptors (Lipinski definition) is 20. The van der Waals surface area contributed by atoms with Crippen molar-refractivity contribution >= 4 is 117 Å². The Morgan fingerprint density at radius 2 is 0.678 bits per heavy atom. The van der Waals surface area contributed by atoms with Gasteiger partial charge in [-0.2, -0.15) is 0 Å². The second-order valence-electron chi connectivity index (χ2n) is 27.6. The zero-order valence-corrected chi connectivity index (χ0v) is 63.4. The zero-order valence-electron chi connectivity index (χ0n) is 63.4. The first kappa shape index (κ1) is 87.1. The predicted molar refractivity (Wildman–Crippen MR) is 426 cm³/mol. The first-order valence-corrected chi connectivity index (χ1v) is 37.9. The molecule has 0 saturated carbocycles. The first-order chi connectivity index (χ1) is 55.4. The molecule has 36 nitrogen and oxygen atoms in total. The maximum absolute atomic E-state index is 14.4. The van der Waals surface area contributed by atoms with Gasteiger partial charge in [-0.25, -0.2) is 0 Å². The highest BCUT2D eigenvalue weighted by Crippen LogP contribution is 2.21. The van der Waals surface area contributed by atoms with Crippen LogP contribution < -0.4 is 85.9 Å². The van der Waals surface area contributed by atoms with E-state index in [4.69, 9.17) is 32.0 Å². The van der Waals surface area contributed by atoms with Crippen LogP contribution in [0.3, 0.4) is 0 Å². The van der Waals surface area contributed by atoms with Crippen LogP contribution in [0.15, 0.2) is 144 Å². The number of phenols is 2. The molecule has 8 rings (SSSR count). The number of guanidine groups is 2. The van der Waals surface area contributed by atoms with Gasteiger partial charge in [0.05, 0.1) is 13.1 Å². The number of phenolic OH excluding ortho intramolecular Hbond substituents is 2. The van der Waals surface area contributed by atoms with Gasteiger partial charge in [-0.15, -0.1) is 0 Å². The number of rotatable bonds is 34. The fourth-order valence-corrected chi connectivity index (χ4v) is 12.5. The predicted octanol–water partition coefficient (Wildman–Crippen LogP) is -0.693. The number of unbranched alkanes of at least 4 members (excludes halogenated alkanes) is 2. The van der Waals surface area contributed by atoms with Gasteiger partial charge in [-0.1, -0.05) is 120 Å². The minimum Gasteiger partial charge on any atom is -0.508 e. The lowest BCUT2D eigenvalue weighted by atomic mass is 10.0. The normalized spacial score (nSPS) is 19.7. The van der Waals surface area contributed by atoms with Crippen molar-refractivity contribution in [1.82, 2.24) is 74.4 Å². The summed E-state index contributed by atoms with van der Waals surface area (Å²) in [6, 6.07) is 27.7. The summed E-state index contributed by atoms with van der Waals surface area (Å²) < 4.78 is 0. The van der Waals surface area contributed by atoms with Gasteiger partial charge in [0.1, 0.15) is 59.8 Å². The highest BCUT2D eigenvalue weighted by Gasteiger charge is 2.36. The second-order valence-corrected chi connectivity index (χ2v) is 27.6. The summed E-state index contributed by atoms with van der Waals surface area (Å²) in [6.45, 7) is -1.89. The van der Waals surface area contributed by atoms with Crippen molar-refractivity contribution in [1.29, 1.82) is 10.8 Å². The topological polar surface area (TPSA) is 557 Å². The third-order valence-electron chi connectivity index (χ3n) is 18.5. The Balaban J connectivity index is 0.802. The molecule has 0 bridgehead atoms. The van der Waals surface area contributed by atoms with Crippen LogP contribution in [0.1, 0.15) is 92.9 Å². The summed E-state index contributed by atoms with van der Waals surface area (Å²) >= 11 is 0. The number of oxime groups is 2. The summed E-state index contributed by atoms with van der Waals surface area (Å²) in [5.74, 6) is -9.50. The molecule has 22 N–H and O–H groups in total. The Morgan fingerprint density at radius 1 is 0.383 bits per heavy atom. The van der Waals surface area contributed by atoms with E-state index >= 15 is 0 Å². The molecule has 0 aliphatic carbocycles. The number of nitrogens with zero attached hydrogens (tertiary/aromatic N) is 2. The van der Waals surface area contributed by atoms with Crippen LogP contribution in [-0.4, -0.2) is 206 Å². The van der Waals surface area contributed by atoms with Crippen LogP contribution in [0.25, 0.3) is 21.5 Å². The molecule has 12 amide bonds. The number of carbonyl (C=O) groups excluding carboxylic acids is 12. The van der Waals surface area contributed by atoms with Gasteiger partial charge in [0.25, 0.3) is 11.8 Å². The van der Waals surface area contributed by atoms with Crippen molar-refractivity contribution in [3.8, 4) is 11.5 Å². The lowest BCUT2D eigenvalue weighted by molar-refractivity contribution is -0.134. The Bertz CT molecular complexity index is 4180. The molecule has 2 saturated heterocycles. The summed E-state index contributed by atoms with van der Waals surface area (Å²) in [7, 11) is 0. The summed E-state index contributed by atoms with van der Waals surface area (Å²) in [5.41, 5.74) is 13.4. The maximum atomic E-state index is 14.4. The number of nitrogens with one attached hydrogen (secondary N) is 16. The lowest BCUT2D eigenvalue weighted by Crippen LogP contribution is -2.58. The Labute approximate surface area is 662 Å². The zero-order chi connectivity index (χ0) is 82.4. The molecule has 8 atom stereocenters. The van der Waals surface area contributed by atoms with E-state index < -0.39 is 146 Å². The molecular formula is C79H100N20O16. The second kappa shape index (κ2) is 45.8. The van der Waals surface area contributed by atoms with Gasteiger partial charge in [0.15, 0.2) is 25.1 Å². The largest absolute Gasteiger partial charge is 0.508 e. The highest BCUT2D eigenvalue weighted by molar-refractivity contribution is 5.99. The molecule has 0 spiro atoms. The van der Waals surface area contributed by atoms with E-state index in [1.165, 1.54) is 36.7 Å². The highest BCUT2D eigenvalue weighted by atomic mass is 16.6. The maximum Gasteiger partial charge on any atom is 0.260 e. The fourth-order valence-electron chi connectivity index (χ4n) is 12.5. The molecule has 0 aromatic heterocycles. The first-order valence-electron chi connectivity index (χ1n) is 37.9. The summed E-state index contributed by atoms with van der Waals surface area (Å²) in [5, 5.41) is 84.0. The molecule has 36 heteroatoms. The number of benzene rings is 6. The van der Waals surface area contributed by atoms with E-state index in [1.807, 2.05) is 84.9 Å². The van der Waals surface area contributed by atoms with Gasteiger partial charge in [0, 0.05) is 64.3 Å². The van der Waals surface area contributed by atoms with Crippen LogP contribution in [0.2, 0.25) is 0 Å². The molecule has 2 fully saturated rings. The van der Waals surface area contributed by atoms with Crippen molar-refractivity contribution in [2.45, 2.75) is 145 Å².